The fraction of sp³-hybridized carbons (Fsp3) is 0.300. The molecule has 3 amide bonds. The van der Waals surface area contributed by atoms with E-state index in [4.69, 9.17) is 0 Å². The third-order valence-electron chi connectivity index (χ3n) is 4.86. The monoisotopic (exact) mass is 393 g/mol. The van der Waals surface area contributed by atoms with Crippen LogP contribution in [0.3, 0.4) is 0 Å². The van der Waals surface area contributed by atoms with E-state index in [9.17, 15) is 9.59 Å². The molecule has 9 heteroatoms. The van der Waals surface area contributed by atoms with Gasteiger partial charge in [0.25, 0.3) is 5.91 Å². The van der Waals surface area contributed by atoms with Gasteiger partial charge in [0.1, 0.15) is 0 Å². The van der Waals surface area contributed by atoms with Crippen LogP contribution in [0.25, 0.3) is 5.69 Å². The first kappa shape index (κ1) is 18.7. The average Bonchev–Trinajstić information content (AvgIpc) is 3.40. The smallest absolute Gasteiger partial charge is 0.319 e. The van der Waals surface area contributed by atoms with Crippen molar-refractivity contribution in [2.75, 3.05) is 20.6 Å². The summed E-state index contributed by atoms with van der Waals surface area (Å²) in [5.41, 5.74) is 3.28. The van der Waals surface area contributed by atoms with Crippen molar-refractivity contribution < 1.29 is 9.59 Å². The van der Waals surface area contributed by atoms with E-state index in [-0.39, 0.29) is 11.9 Å². The summed E-state index contributed by atoms with van der Waals surface area (Å²) >= 11 is 0. The van der Waals surface area contributed by atoms with Crippen LogP contribution < -0.4 is 5.32 Å². The molecule has 0 atom stereocenters. The standard InChI is InChI=1S/C20H23N7O2/c1-24(2)20(29)25-9-10-27-18(13-25)11-16(23-27)12-22-19(28)15-3-5-17(6-4-15)26-8-7-21-14-26/h3-8,11,14H,9-10,12-13H2,1-2H3,(H,22,28). The number of rotatable bonds is 4. The molecule has 4 rings (SSSR count). The first-order chi connectivity index (χ1) is 14.0. The first-order valence-electron chi connectivity index (χ1n) is 9.39. The van der Waals surface area contributed by atoms with E-state index < -0.39 is 0 Å². The van der Waals surface area contributed by atoms with Crippen LogP contribution in [-0.4, -0.2) is 61.7 Å². The van der Waals surface area contributed by atoms with Crippen LogP contribution in [0.15, 0.2) is 49.1 Å². The summed E-state index contributed by atoms with van der Waals surface area (Å²) in [6.45, 7) is 2.14. The highest BCUT2D eigenvalue weighted by Crippen LogP contribution is 2.15. The quantitative estimate of drug-likeness (QED) is 0.728. The van der Waals surface area contributed by atoms with Crippen molar-refractivity contribution in [3.8, 4) is 5.69 Å². The van der Waals surface area contributed by atoms with Crippen molar-refractivity contribution in [1.29, 1.82) is 0 Å². The third kappa shape index (κ3) is 3.98. The van der Waals surface area contributed by atoms with Gasteiger partial charge in [-0.05, 0) is 30.3 Å². The molecule has 29 heavy (non-hydrogen) atoms. The number of hydrogen-bond donors (Lipinski definition) is 1. The number of fused-ring (bicyclic) bond motifs is 1. The number of nitrogens with one attached hydrogen (secondary N) is 1. The second-order valence-electron chi connectivity index (χ2n) is 7.15. The van der Waals surface area contributed by atoms with Gasteiger partial charge in [0, 0.05) is 44.3 Å². The van der Waals surface area contributed by atoms with E-state index in [0.29, 0.717) is 31.7 Å². The number of carbonyl (C=O) groups excluding carboxylic acids is 2. The van der Waals surface area contributed by atoms with Crippen LogP contribution in [0.5, 0.6) is 0 Å². The number of carbonyl (C=O) groups is 2. The molecule has 0 spiro atoms. The average molecular weight is 393 g/mol. The summed E-state index contributed by atoms with van der Waals surface area (Å²) in [5, 5.41) is 7.45. The van der Waals surface area contributed by atoms with Crippen LogP contribution in [-0.2, 0) is 19.6 Å². The molecule has 0 fully saturated rings. The van der Waals surface area contributed by atoms with Crippen LogP contribution in [0, 0.1) is 0 Å². The molecule has 3 heterocycles. The van der Waals surface area contributed by atoms with Crippen LogP contribution in [0.1, 0.15) is 21.7 Å². The largest absolute Gasteiger partial charge is 0.346 e. The Morgan fingerprint density at radius 1 is 1.17 bits per heavy atom. The number of benzene rings is 1. The number of aromatic nitrogens is 4. The number of urea groups is 1. The first-order valence-corrected chi connectivity index (χ1v) is 9.39. The zero-order valence-electron chi connectivity index (χ0n) is 16.4. The summed E-state index contributed by atoms with van der Waals surface area (Å²) in [4.78, 5) is 32.0. The Morgan fingerprint density at radius 3 is 2.66 bits per heavy atom. The molecule has 1 aliphatic heterocycles. The minimum Gasteiger partial charge on any atom is -0.346 e. The molecule has 3 aromatic rings. The van der Waals surface area contributed by atoms with Gasteiger partial charge in [0.05, 0.1) is 37.3 Å². The second kappa shape index (κ2) is 7.78. The molecule has 1 aromatic carbocycles. The van der Waals surface area contributed by atoms with Crippen LogP contribution in [0.2, 0.25) is 0 Å². The molecule has 0 aliphatic carbocycles. The summed E-state index contributed by atoms with van der Waals surface area (Å²) in [6.07, 6.45) is 5.27. The lowest BCUT2D eigenvalue weighted by molar-refractivity contribution is 0.0950. The lowest BCUT2D eigenvalue weighted by Crippen LogP contribution is -2.43. The van der Waals surface area contributed by atoms with Crippen molar-refractivity contribution in [3.05, 3.63) is 66.0 Å². The van der Waals surface area contributed by atoms with E-state index in [0.717, 1.165) is 17.1 Å². The van der Waals surface area contributed by atoms with E-state index in [1.54, 1.807) is 48.6 Å². The molecule has 2 aromatic heterocycles. The highest BCUT2D eigenvalue weighted by molar-refractivity contribution is 5.94. The molecular formula is C20H23N7O2. The summed E-state index contributed by atoms with van der Waals surface area (Å²) in [5.74, 6) is -0.155. The lowest BCUT2D eigenvalue weighted by atomic mass is 10.2. The van der Waals surface area contributed by atoms with Crippen molar-refractivity contribution in [3.63, 3.8) is 0 Å². The van der Waals surface area contributed by atoms with Crippen molar-refractivity contribution in [2.45, 2.75) is 19.6 Å². The fourth-order valence-electron chi connectivity index (χ4n) is 3.33. The Labute approximate surface area is 168 Å². The van der Waals surface area contributed by atoms with Gasteiger partial charge in [-0.1, -0.05) is 0 Å². The minimum atomic E-state index is -0.155. The molecule has 150 valence electrons. The van der Waals surface area contributed by atoms with Gasteiger partial charge in [0.15, 0.2) is 0 Å². The van der Waals surface area contributed by atoms with Crippen LogP contribution in [0.4, 0.5) is 4.79 Å². The number of nitrogens with zero attached hydrogens (tertiary/aromatic N) is 6. The molecule has 0 bridgehead atoms. The Bertz CT molecular complexity index is 1010. The Morgan fingerprint density at radius 2 is 1.97 bits per heavy atom. The molecule has 1 N–H and O–H groups in total. The predicted octanol–water partition coefficient (Wildman–Crippen LogP) is 1.50. The highest BCUT2D eigenvalue weighted by Gasteiger charge is 2.23. The topological polar surface area (TPSA) is 88.3 Å². The zero-order chi connectivity index (χ0) is 20.4. The summed E-state index contributed by atoms with van der Waals surface area (Å²) in [7, 11) is 3.49. The highest BCUT2D eigenvalue weighted by atomic mass is 16.2. The lowest BCUT2D eigenvalue weighted by Gasteiger charge is -2.29. The molecule has 0 saturated heterocycles. The van der Waals surface area contributed by atoms with Crippen molar-refractivity contribution in [2.24, 2.45) is 0 Å². The van der Waals surface area contributed by atoms with E-state index in [1.165, 1.54) is 0 Å². The molecular weight excluding hydrogens is 370 g/mol. The van der Waals surface area contributed by atoms with Crippen molar-refractivity contribution in [1.82, 2.24) is 34.4 Å². The SMILES string of the molecule is CN(C)C(=O)N1CCn2nc(CNC(=O)c3ccc(-n4ccnc4)cc3)cc2C1. The fourth-order valence-corrected chi connectivity index (χ4v) is 3.33. The Hall–Kier alpha value is -3.62. The van der Waals surface area contributed by atoms with Gasteiger partial charge in [-0.25, -0.2) is 9.78 Å². The van der Waals surface area contributed by atoms with Gasteiger partial charge in [0.2, 0.25) is 0 Å². The molecule has 0 saturated carbocycles. The normalized spacial score (nSPS) is 13.1. The zero-order valence-corrected chi connectivity index (χ0v) is 16.4. The minimum absolute atomic E-state index is 0.00792. The number of hydrogen-bond acceptors (Lipinski definition) is 4. The van der Waals surface area contributed by atoms with Gasteiger partial charge >= 0.3 is 6.03 Å². The second-order valence-corrected chi connectivity index (χ2v) is 7.15. The molecule has 0 radical (unpaired) electrons. The maximum absolute atomic E-state index is 12.5. The molecule has 9 nitrogen and oxygen atoms in total. The maximum atomic E-state index is 12.5. The van der Waals surface area contributed by atoms with Gasteiger partial charge in [-0.15, -0.1) is 0 Å². The summed E-state index contributed by atoms with van der Waals surface area (Å²) in [6, 6.07) is 9.26. The van der Waals surface area contributed by atoms with Gasteiger partial charge in [-0.2, -0.15) is 5.10 Å². The molecule has 1 aliphatic rings. The molecule has 0 unspecified atom stereocenters. The van der Waals surface area contributed by atoms with Gasteiger partial charge < -0.3 is 19.7 Å². The van der Waals surface area contributed by atoms with Gasteiger partial charge in [-0.3, -0.25) is 9.48 Å². The third-order valence-corrected chi connectivity index (χ3v) is 4.86. The Kier molecular flexibility index (Phi) is 5.03. The van der Waals surface area contributed by atoms with Crippen LogP contribution >= 0.6 is 0 Å². The van der Waals surface area contributed by atoms with E-state index >= 15 is 0 Å². The summed E-state index contributed by atoms with van der Waals surface area (Å²) < 4.78 is 3.78. The maximum Gasteiger partial charge on any atom is 0.319 e. The van der Waals surface area contributed by atoms with E-state index in [2.05, 4.69) is 15.4 Å². The number of amides is 3. The predicted molar refractivity (Wildman–Crippen MR) is 106 cm³/mol. The Balaban J connectivity index is 1.36. The number of imidazole rings is 1. The van der Waals surface area contributed by atoms with E-state index in [1.807, 2.05) is 33.6 Å². The van der Waals surface area contributed by atoms with Crippen molar-refractivity contribution >= 4 is 11.9 Å².